The van der Waals surface area contributed by atoms with Gasteiger partial charge in [0.2, 0.25) is 15.9 Å². The summed E-state index contributed by atoms with van der Waals surface area (Å²) in [5.74, 6) is -0.598. The molecule has 6 nitrogen and oxygen atoms in total. The molecule has 0 bridgehead atoms. The molecule has 1 amide bonds. The van der Waals surface area contributed by atoms with Crippen molar-refractivity contribution in [1.29, 1.82) is 0 Å². The van der Waals surface area contributed by atoms with Crippen molar-refractivity contribution >= 4 is 15.9 Å². The molecule has 0 aromatic heterocycles. The van der Waals surface area contributed by atoms with Gasteiger partial charge in [0.25, 0.3) is 0 Å². The maximum absolute atomic E-state index is 12.8. The number of rotatable bonds is 4. The molecule has 0 radical (unpaired) electrons. The Bertz CT molecular complexity index is 630. The number of benzene rings is 1. The Kier molecular flexibility index (Phi) is 4.53. The lowest BCUT2D eigenvalue weighted by Gasteiger charge is -2.35. The van der Waals surface area contributed by atoms with E-state index in [1.165, 1.54) is 17.5 Å². The second kappa shape index (κ2) is 6.03. The molecule has 2 atom stereocenters. The molecule has 2 rings (SSSR count). The third-order valence-corrected chi connectivity index (χ3v) is 5.90. The average Bonchev–Trinajstić information content (AvgIpc) is 2.47. The molecule has 1 heterocycles. The van der Waals surface area contributed by atoms with E-state index in [9.17, 15) is 13.2 Å². The zero-order valence-electron chi connectivity index (χ0n) is 12.2. The summed E-state index contributed by atoms with van der Waals surface area (Å²) in [6.45, 7) is 1.96. The van der Waals surface area contributed by atoms with Crippen molar-refractivity contribution in [3.63, 3.8) is 0 Å². The predicted octanol–water partition coefficient (Wildman–Crippen LogP) is 0.970. The normalized spacial score (nSPS) is 23.7. The number of methoxy groups -OCH3 is 1. The van der Waals surface area contributed by atoms with Crippen molar-refractivity contribution in [2.75, 3.05) is 13.7 Å². The molecule has 1 aliphatic rings. The zero-order valence-corrected chi connectivity index (χ0v) is 13.0. The number of hydrogen-bond donors (Lipinski definition) is 1. The number of piperidine rings is 1. The Morgan fingerprint density at radius 1 is 1.33 bits per heavy atom. The summed E-state index contributed by atoms with van der Waals surface area (Å²) < 4.78 is 32.2. The SMILES string of the molecule is COc1ccccc1S(=O)(=O)N1CC(C(N)=O)CCC1C. The molecule has 1 aromatic rings. The molecule has 1 saturated heterocycles. The van der Waals surface area contributed by atoms with Gasteiger partial charge in [0.15, 0.2) is 0 Å². The smallest absolute Gasteiger partial charge is 0.247 e. The highest BCUT2D eigenvalue weighted by Crippen LogP contribution is 2.32. The molecular formula is C14H20N2O4S. The van der Waals surface area contributed by atoms with Crippen molar-refractivity contribution in [1.82, 2.24) is 4.31 Å². The van der Waals surface area contributed by atoms with Crippen LogP contribution in [-0.2, 0) is 14.8 Å². The molecule has 116 valence electrons. The number of carbonyl (C=O) groups excluding carboxylic acids is 1. The predicted molar refractivity (Wildman–Crippen MR) is 78.3 cm³/mol. The first-order valence-corrected chi connectivity index (χ1v) is 8.26. The Balaban J connectivity index is 2.39. The third kappa shape index (κ3) is 3.03. The number of sulfonamides is 1. The Hall–Kier alpha value is -1.60. The maximum atomic E-state index is 12.8. The van der Waals surface area contributed by atoms with Gasteiger partial charge in [0.1, 0.15) is 10.6 Å². The molecule has 1 fully saturated rings. The monoisotopic (exact) mass is 312 g/mol. The van der Waals surface area contributed by atoms with Gasteiger partial charge in [-0.1, -0.05) is 12.1 Å². The minimum Gasteiger partial charge on any atom is -0.495 e. The lowest BCUT2D eigenvalue weighted by Crippen LogP contribution is -2.48. The highest BCUT2D eigenvalue weighted by Gasteiger charge is 2.37. The third-order valence-electron chi connectivity index (χ3n) is 3.88. The molecule has 0 aliphatic carbocycles. The Morgan fingerprint density at radius 2 is 2.00 bits per heavy atom. The highest BCUT2D eigenvalue weighted by molar-refractivity contribution is 7.89. The van der Waals surface area contributed by atoms with E-state index in [4.69, 9.17) is 10.5 Å². The van der Waals surface area contributed by atoms with Gasteiger partial charge in [0, 0.05) is 12.6 Å². The fourth-order valence-corrected chi connectivity index (χ4v) is 4.46. The van der Waals surface area contributed by atoms with Crippen LogP contribution in [0.3, 0.4) is 0 Å². The van der Waals surface area contributed by atoms with Crippen LogP contribution < -0.4 is 10.5 Å². The fourth-order valence-electron chi connectivity index (χ4n) is 2.60. The van der Waals surface area contributed by atoms with Crippen LogP contribution in [0, 0.1) is 5.92 Å². The largest absolute Gasteiger partial charge is 0.495 e. The second-order valence-electron chi connectivity index (χ2n) is 5.25. The van der Waals surface area contributed by atoms with Crippen LogP contribution in [-0.4, -0.2) is 38.3 Å². The number of primary amides is 1. The van der Waals surface area contributed by atoms with Gasteiger partial charge in [-0.15, -0.1) is 0 Å². The zero-order chi connectivity index (χ0) is 15.6. The van der Waals surface area contributed by atoms with E-state index >= 15 is 0 Å². The molecule has 1 aliphatic heterocycles. The summed E-state index contributed by atoms with van der Waals surface area (Å²) in [5.41, 5.74) is 5.33. The molecular weight excluding hydrogens is 292 g/mol. The number of nitrogens with two attached hydrogens (primary N) is 1. The summed E-state index contributed by atoms with van der Waals surface area (Å²) in [4.78, 5) is 11.5. The summed E-state index contributed by atoms with van der Waals surface area (Å²) in [6, 6.07) is 6.30. The molecule has 1 aromatic carbocycles. The minimum atomic E-state index is -3.72. The van der Waals surface area contributed by atoms with E-state index in [2.05, 4.69) is 0 Å². The van der Waals surface area contributed by atoms with E-state index in [0.29, 0.717) is 18.6 Å². The number of para-hydroxylation sites is 1. The Morgan fingerprint density at radius 3 is 2.62 bits per heavy atom. The Labute approximate surface area is 124 Å². The van der Waals surface area contributed by atoms with Gasteiger partial charge in [-0.05, 0) is 31.9 Å². The average molecular weight is 312 g/mol. The van der Waals surface area contributed by atoms with Crippen LogP contribution in [0.5, 0.6) is 5.75 Å². The van der Waals surface area contributed by atoms with Crippen molar-refractivity contribution < 1.29 is 17.9 Å². The molecule has 2 N–H and O–H groups in total. The van der Waals surface area contributed by atoms with Crippen molar-refractivity contribution in [3.8, 4) is 5.75 Å². The lowest BCUT2D eigenvalue weighted by molar-refractivity contribution is -0.123. The van der Waals surface area contributed by atoms with Crippen LogP contribution in [0.15, 0.2) is 29.2 Å². The van der Waals surface area contributed by atoms with Gasteiger partial charge in [0.05, 0.1) is 13.0 Å². The van der Waals surface area contributed by atoms with Gasteiger partial charge in [-0.3, -0.25) is 4.79 Å². The van der Waals surface area contributed by atoms with Crippen molar-refractivity contribution in [3.05, 3.63) is 24.3 Å². The van der Waals surface area contributed by atoms with Gasteiger partial charge < -0.3 is 10.5 Å². The fraction of sp³-hybridized carbons (Fsp3) is 0.500. The number of ether oxygens (including phenoxy) is 1. The first-order chi connectivity index (χ1) is 9.87. The van der Waals surface area contributed by atoms with E-state index in [1.807, 2.05) is 6.92 Å². The molecule has 0 spiro atoms. The number of carbonyl (C=O) groups is 1. The summed E-state index contributed by atoms with van der Waals surface area (Å²) in [6.07, 6.45) is 1.23. The van der Waals surface area contributed by atoms with Crippen LogP contribution >= 0.6 is 0 Å². The highest BCUT2D eigenvalue weighted by atomic mass is 32.2. The molecule has 0 saturated carbocycles. The van der Waals surface area contributed by atoms with Gasteiger partial charge in [-0.2, -0.15) is 4.31 Å². The topological polar surface area (TPSA) is 89.7 Å². The number of hydrogen-bond acceptors (Lipinski definition) is 4. The van der Waals surface area contributed by atoms with E-state index in [0.717, 1.165) is 0 Å². The second-order valence-corrected chi connectivity index (χ2v) is 7.11. The van der Waals surface area contributed by atoms with Crippen LogP contribution in [0.25, 0.3) is 0 Å². The van der Waals surface area contributed by atoms with Gasteiger partial charge >= 0.3 is 0 Å². The lowest BCUT2D eigenvalue weighted by atomic mass is 9.95. The summed E-state index contributed by atoms with van der Waals surface area (Å²) in [5, 5.41) is 0. The minimum absolute atomic E-state index is 0.115. The standard InChI is InChI=1S/C14H20N2O4S/c1-10-7-8-11(14(15)17)9-16(10)21(18,19)13-6-4-3-5-12(13)20-2/h3-6,10-11H,7-9H2,1-2H3,(H2,15,17). The van der Waals surface area contributed by atoms with E-state index in [1.54, 1.807) is 18.2 Å². The van der Waals surface area contributed by atoms with E-state index in [-0.39, 0.29) is 17.5 Å². The maximum Gasteiger partial charge on any atom is 0.247 e. The molecule has 21 heavy (non-hydrogen) atoms. The van der Waals surface area contributed by atoms with Crippen LogP contribution in [0.1, 0.15) is 19.8 Å². The first-order valence-electron chi connectivity index (χ1n) is 6.82. The van der Waals surface area contributed by atoms with E-state index < -0.39 is 21.8 Å². The summed E-state index contributed by atoms with van der Waals surface area (Å²) in [7, 11) is -2.29. The van der Waals surface area contributed by atoms with Gasteiger partial charge in [-0.25, -0.2) is 8.42 Å². The number of nitrogens with zero attached hydrogens (tertiary/aromatic N) is 1. The van der Waals surface area contributed by atoms with Crippen molar-refractivity contribution in [2.45, 2.75) is 30.7 Å². The molecule has 2 unspecified atom stereocenters. The van der Waals surface area contributed by atoms with Crippen LogP contribution in [0.2, 0.25) is 0 Å². The number of amides is 1. The first kappa shape index (κ1) is 15.8. The van der Waals surface area contributed by atoms with Crippen molar-refractivity contribution in [2.24, 2.45) is 11.7 Å². The molecule has 7 heteroatoms. The quantitative estimate of drug-likeness (QED) is 0.897. The van der Waals surface area contributed by atoms with Crippen LogP contribution in [0.4, 0.5) is 0 Å². The summed E-state index contributed by atoms with van der Waals surface area (Å²) >= 11 is 0.